The lowest BCUT2D eigenvalue weighted by molar-refractivity contribution is -0.146. The van der Waals surface area contributed by atoms with Crippen LogP contribution in [-0.2, 0) is 19.1 Å². The summed E-state index contributed by atoms with van der Waals surface area (Å²) >= 11 is 0. The summed E-state index contributed by atoms with van der Waals surface area (Å²) in [6.07, 6.45) is 9.40. The fourth-order valence-electron chi connectivity index (χ4n) is 2.31. The van der Waals surface area contributed by atoms with Crippen molar-refractivity contribution in [3.63, 3.8) is 0 Å². The average Bonchev–Trinajstić information content (AvgIpc) is 2.49. The van der Waals surface area contributed by atoms with E-state index >= 15 is 0 Å². The van der Waals surface area contributed by atoms with E-state index in [0.29, 0.717) is 0 Å². The van der Waals surface area contributed by atoms with Crippen molar-refractivity contribution in [3.8, 4) is 0 Å². The molecule has 0 bridgehead atoms. The number of carbonyl (C=O) groups is 2. The van der Waals surface area contributed by atoms with Gasteiger partial charge in [0, 0.05) is 0 Å². The summed E-state index contributed by atoms with van der Waals surface area (Å²) in [6, 6.07) is 0. The predicted octanol–water partition coefficient (Wildman–Crippen LogP) is 4.43. The molecule has 0 aliphatic heterocycles. The van der Waals surface area contributed by atoms with Crippen molar-refractivity contribution < 1.29 is 19.1 Å². The molecule has 0 aliphatic carbocycles. The van der Waals surface area contributed by atoms with Gasteiger partial charge in [0.05, 0.1) is 13.2 Å². The van der Waals surface area contributed by atoms with Gasteiger partial charge in [-0.25, -0.2) is 9.59 Å². The van der Waals surface area contributed by atoms with Crippen molar-refractivity contribution in [2.45, 2.75) is 72.6 Å². The van der Waals surface area contributed by atoms with Gasteiger partial charge < -0.3 is 9.47 Å². The van der Waals surface area contributed by atoms with E-state index < -0.39 is 11.9 Å². The molecule has 0 aromatic carbocycles. The van der Waals surface area contributed by atoms with Crippen molar-refractivity contribution >= 4 is 11.9 Å². The highest BCUT2D eigenvalue weighted by atomic mass is 16.6. The van der Waals surface area contributed by atoms with Crippen LogP contribution >= 0.6 is 0 Å². The zero-order valence-electron chi connectivity index (χ0n) is 14.7. The molecule has 0 aromatic heterocycles. The SMILES string of the molecule is CCCCCC(C=C(C(=O)OCC)C(=O)OCC)CCCC. The number of allylic oxidation sites excluding steroid dienone is 1. The molecule has 0 radical (unpaired) electrons. The lowest BCUT2D eigenvalue weighted by Crippen LogP contribution is -2.19. The number of carbonyl (C=O) groups excluding carboxylic acids is 2. The van der Waals surface area contributed by atoms with Crippen molar-refractivity contribution in [3.05, 3.63) is 11.6 Å². The van der Waals surface area contributed by atoms with Crippen molar-refractivity contribution in [1.29, 1.82) is 0 Å². The van der Waals surface area contributed by atoms with Gasteiger partial charge in [-0.05, 0) is 32.6 Å². The van der Waals surface area contributed by atoms with Crippen molar-refractivity contribution in [2.24, 2.45) is 5.92 Å². The van der Waals surface area contributed by atoms with Crippen LogP contribution < -0.4 is 0 Å². The Hall–Kier alpha value is -1.32. The van der Waals surface area contributed by atoms with Crippen LogP contribution in [0.4, 0.5) is 0 Å². The first-order valence-corrected chi connectivity index (χ1v) is 8.66. The molecule has 0 fully saturated rings. The molecule has 22 heavy (non-hydrogen) atoms. The number of hydrogen-bond donors (Lipinski definition) is 0. The molecule has 0 saturated carbocycles. The molecule has 1 unspecified atom stereocenters. The zero-order valence-corrected chi connectivity index (χ0v) is 14.7. The van der Waals surface area contributed by atoms with Crippen LogP contribution in [0.1, 0.15) is 72.6 Å². The van der Waals surface area contributed by atoms with E-state index in [0.717, 1.165) is 38.5 Å². The fraction of sp³-hybridized carbons (Fsp3) is 0.778. The number of unbranched alkanes of at least 4 members (excludes halogenated alkanes) is 3. The largest absolute Gasteiger partial charge is 0.462 e. The van der Waals surface area contributed by atoms with Crippen LogP contribution in [0.25, 0.3) is 0 Å². The minimum Gasteiger partial charge on any atom is -0.462 e. The Morgan fingerprint density at radius 2 is 1.32 bits per heavy atom. The topological polar surface area (TPSA) is 52.6 Å². The molecular weight excluding hydrogens is 280 g/mol. The van der Waals surface area contributed by atoms with Crippen LogP contribution in [0.3, 0.4) is 0 Å². The molecule has 0 spiro atoms. The molecule has 0 saturated heterocycles. The molecule has 128 valence electrons. The second-order valence-electron chi connectivity index (χ2n) is 5.42. The molecule has 0 aliphatic rings. The summed E-state index contributed by atoms with van der Waals surface area (Å²) in [5.74, 6) is -0.911. The first-order valence-electron chi connectivity index (χ1n) is 8.66. The van der Waals surface area contributed by atoms with Crippen LogP contribution in [0.2, 0.25) is 0 Å². The van der Waals surface area contributed by atoms with E-state index in [9.17, 15) is 9.59 Å². The van der Waals surface area contributed by atoms with Crippen molar-refractivity contribution in [1.82, 2.24) is 0 Å². The molecule has 0 N–H and O–H groups in total. The summed E-state index contributed by atoms with van der Waals surface area (Å²) < 4.78 is 9.99. The summed E-state index contributed by atoms with van der Waals surface area (Å²) in [7, 11) is 0. The van der Waals surface area contributed by atoms with E-state index in [2.05, 4.69) is 13.8 Å². The van der Waals surface area contributed by atoms with Crippen LogP contribution in [0.15, 0.2) is 11.6 Å². The van der Waals surface area contributed by atoms with Gasteiger partial charge in [0.25, 0.3) is 0 Å². The monoisotopic (exact) mass is 312 g/mol. The van der Waals surface area contributed by atoms with Gasteiger partial charge in [-0.1, -0.05) is 52.0 Å². The normalized spacial score (nSPS) is 11.6. The van der Waals surface area contributed by atoms with Gasteiger partial charge in [0.1, 0.15) is 5.57 Å². The Morgan fingerprint density at radius 1 is 0.818 bits per heavy atom. The van der Waals surface area contributed by atoms with Crippen LogP contribution in [0, 0.1) is 5.92 Å². The quantitative estimate of drug-likeness (QED) is 0.176. The standard InChI is InChI=1S/C18H32O4/c1-5-9-11-13-15(12-10-6-2)14-16(17(19)21-7-3)18(20)22-8-4/h14-15H,5-13H2,1-4H3. The average molecular weight is 312 g/mol. The van der Waals surface area contributed by atoms with E-state index in [-0.39, 0.29) is 24.7 Å². The van der Waals surface area contributed by atoms with E-state index in [1.807, 2.05) is 0 Å². The number of hydrogen-bond acceptors (Lipinski definition) is 4. The summed E-state index contributed by atoms with van der Waals surface area (Å²) in [4.78, 5) is 24.0. The third-order valence-electron chi connectivity index (χ3n) is 3.50. The summed E-state index contributed by atoms with van der Waals surface area (Å²) in [5, 5.41) is 0. The van der Waals surface area contributed by atoms with E-state index in [4.69, 9.17) is 9.47 Å². The highest BCUT2D eigenvalue weighted by molar-refractivity contribution is 6.14. The third kappa shape index (κ3) is 8.85. The Kier molecular flexibility index (Phi) is 12.5. The molecule has 0 amide bonds. The van der Waals surface area contributed by atoms with Crippen LogP contribution in [-0.4, -0.2) is 25.2 Å². The fourth-order valence-corrected chi connectivity index (χ4v) is 2.31. The minimum absolute atomic E-state index is 0.0568. The van der Waals surface area contributed by atoms with E-state index in [1.165, 1.54) is 6.42 Å². The summed E-state index contributed by atoms with van der Waals surface area (Å²) in [6.45, 7) is 8.28. The Labute approximate surface area is 135 Å². The van der Waals surface area contributed by atoms with Crippen molar-refractivity contribution in [2.75, 3.05) is 13.2 Å². The molecule has 4 nitrogen and oxygen atoms in total. The highest BCUT2D eigenvalue weighted by Gasteiger charge is 2.22. The minimum atomic E-state index is -0.571. The van der Waals surface area contributed by atoms with Gasteiger partial charge >= 0.3 is 11.9 Å². The predicted molar refractivity (Wildman–Crippen MR) is 88.5 cm³/mol. The van der Waals surface area contributed by atoms with E-state index in [1.54, 1.807) is 19.9 Å². The third-order valence-corrected chi connectivity index (χ3v) is 3.50. The van der Waals surface area contributed by atoms with Gasteiger partial charge in [-0.2, -0.15) is 0 Å². The first kappa shape index (κ1) is 20.7. The van der Waals surface area contributed by atoms with Gasteiger partial charge in [-0.3, -0.25) is 0 Å². The van der Waals surface area contributed by atoms with Gasteiger partial charge in [0.15, 0.2) is 0 Å². The number of rotatable bonds is 12. The second-order valence-corrected chi connectivity index (χ2v) is 5.42. The number of esters is 2. The summed E-state index contributed by atoms with van der Waals surface area (Å²) in [5.41, 5.74) is 0.0568. The zero-order chi connectivity index (χ0) is 16.8. The maximum absolute atomic E-state index is 12.0. The molecule has 4 heteroatoms. The maximum Gasteiger partial charge on any atom is 0.345 e. The lowest BCUT2D eigenvalue weighted by atomic mass is 9.93. The van der Waals surface area contributed by atoms with Gasteiger partial charge in [0.2, 0.25) is 0 Å². The Morgan fingerprint density at radius 3 is 1.77 bits per heavy atom. The Bertz CT molecular complexity index is 327. The molecule has 0 aromatic rings. The molecule has 0 heterocycles. The highest BCUT2D eigenvalue weighted by Crippen LogP contribution is 2.21. The first-order chi connectivity index (χ1) is 10.6. The molecular formula is C18H32O4. The Balaban J connectivity index is 5.06. The lowest BCUT2D eigenvalue weighted by Gasteiger charge is -2.14. The molecule has 0 rings (SSSR count). The van der Waals surface area contributed by atoms with Gasteiger partial charge in [-0.15, -0.1) is 0 Å². The smallest absolute Gasteiger partial charge is 0.345 e. The van der Waals surface area contributed by atoms with Crippen LogP contribution in [0.5, 0.6) is 0 Å². The molecule has 1 atom stereocenters. The maximum atomic E-state index is 12.0. The number of ether oxygens (including phenoxy) is 2. The second kappa shape index (κ2) is 13.4.